The second-order valence-corrected chi connectivity index (χ2v) is 6.50. The van der Waals surface area contributed by atoms with Crippen LogP contribution in [0.2, 0.25) is 0 Å². The van der Waals surface area contributed by atoms with E-state index in [4.69, 9.17) is 5.73 Å². The third-order valence-electron chi connectivity index (χ3n) is 4.83. The van der Waals surface area contributed by atoms with Gasteiger partial charge in [-0.15, -0.1) is 0 Å². The van der Waals surface area contributed by atoms with Crippen LogP contribution in [-0.2, 0) is 0 Å². The lowest BCUT2D eigenvalue weighted by molar-refractivity contribution is 0.180. The molecule has 0 spiro atoms. The quantitative estimate of drug-likeness (QED) is 0.681. The molecule has 0 radical (unpaired) electrons. The summed E-state index contributed by atoms with van der Waals surface area (Å²) in [6.45, 7) is 5.67. The topological polar surface area (TPSA) is 38.0 Å². The van der Waals surface area contributed by atoms with E-state index < -0.39 is 0 Å². The highest BCUT2D eigenvalue weighted by Crippen LogP contribution is 2.44. The minimum absolute atomic E-state index is 0.482. The zero-order chi connectivity index (χ0) is 11.5. The maximum Gasteiger partial charge on any atom is 0.000517 e. The van der Waals surface area contributed by atoms with Crippen LogP contribution >= 0.6 is 0 Å². The normalized spacial score (nSPS) is 26.6. The van der Waals surface area contributed by atoms with Crippen LogP contribution in [0.3, 0.4) is 0 Å². The van der Waals surface area contributed by atoms with Crippen molar-refractivity contribution in [3.63, 3.8) is 0 Å². The predicted molar refractivity (Wildman–Crippen MR) is 69.4 cm³/mol. The molecule has 16 heavy (non-hydrogen) atoms. The molecule has 0 aromatic rings. The lowest BCUT2D eigenvalue weighted by Gasteiger charge is -2.36. The maximum absolute atomic E-state index is 5.99. The predicted octanol–water partition coefficient (Wildman–Crippen LogP) is 2.68. The molecule has 0 aliphatic heterocycles. The fraction of sp³-hybridized carbons (Fsp3) is 1.00. The van der Waals surface area contributed by atoms with Crippen molar-refractivity contribution in [1.29, 1.82) is 0 Å². The number of nitrogens with two attached hydrogens (primary N) is 1. The van der Waals surface area contributed by atoms with E-state index in [1.54, 1.807) is 0 Å². The fourth-order valence-electron chi connectivity index (χ4n) is 2.99. The number of rotatable bonds is 6. The molecule has 2 fully saturated rings. The molecule has 2 heteroatoms. The molecule has 2 rings (SSSR count). The molecule has 94 valence electrons. The molecule has 0 heterocycles. The molecule has 0 aromatic carbocycles. The van der Waals surface area contributed by atoms with Crippen molar-refractivity contribution < 1.29 is 0 Å². The zero-order valence-corrected chi connectivity index (χ0v) is 10.9. The van der Waals surface area contributed by atoms with Gasteiger partial charge in [-0.2, -0.15) is 0 Å². The van der Waals surface area contributed by atoms with Gasteiger partial charge in [-0.1, -0.05) is 26.2 Å². The molecular formula is C14H28N2. The van der Waals surface area contributed by atoms with Crippen LogP contribution in [0.4, 0.5) is 0 Å². The first kappa shape index (κ1) is 12.4. The number of nitrogens with one attached hydrogen (secondary N) is 1. The number of hydrogen-bond acceptors (Lipinski definition) is 2. The van der Waals surface area contributed by atoms with Gasteiger partial charge in [-0.05, 0) is 56.0 Å². The van der Waals surface area contributed by atoms with Crippen molar-refractivity contribution in [3.8, 4) is 0 Å². The summed E-state index contributed by atoms with van der Waals surface area (Å²) in [6, 6.07) is 0. The summed E-state index contributed by atoms with van der Waals surface area (Å²) in [4.78, 5) is 0. The van der Waals surface area contributed by atoms with E-state index in [1.807, 2.05) is 0 Å². The van der Waals surface area contributed by atoms with Crippen molar-refractivity contribution in [3.05, 3.63) is 0 Å². The first-order chi connectivity index (χ1) is 7.68. The van der Waals surface area contributed by atoms with Crippen molar-refractivity contribution in [2.24, 2.45) is 16.6 Å². The Kier molecular flexibility index (Phi) is 3.91. The van der Waals surface area contributed by atoms with E-state index in [-0.39, 0.29) is 0 Å². The van der Waals surface area contributed by atoms with Crippen molar-refractivity contribution >= 4 is 0 Å². The Balaban J connectivity index is 1.65. The van der Waals surface area contributed by atoms with Crippen LogP contribution < -0.4 is 11.1 Å². The van der Waals surface area contributed by atoms with E-state index in [0.717, 1.165) is 6.54 Å². The van der Waals surface area contributed by atoms with Gasteiger partial charge in [0, 0.05) is 6.54 Å². The molecule has 0 atom stereocenters. The average molecular weight is 224 g/mol. The third kappa shape index (κ3) is 3.21. The highest BCUT2D eigenvalue weighted by atomic mass is 14.9. The second-order valence-electron chi connectivity index (χ2n) is 6.50. The Morgan fingerprint density at radius 2 is 1.75 bits per heavy atom. The van der Waals surface area contributed by atoms with Gasteiger partial charge in [0.05, 0.1) is 0 Å². The van der Waals surface area contributed by atoms with E-state index in [2.05, 4.69) is 12.2 Å². The minimum atomic E-state index is 0.482. The van der Waals surface area contributed by atoms with Crippen molar-refractivity contribution in [2.45, 2.75) is 58.3 Å². The van der Waals surface area contributed by atoms with E-state index in [1.165, 1.54) is 64.5 Å². The molecule has 2 aliphatic rings. The monoisotopic (exact) mass is 224 g/mol. The lowest BCUT2D eigenvalue weighted by Crippen LogP contribution is -2.36. The van der Waals surface area contributed by atoms with E-state index in [9.17, 15) is 0 Å². The van der Waals surface area contributed by atoms with Crippen molar-refractivity contribution in [2.75, 3.05) is 19.6 Å². The lowest BCUT2D eigenvalue weighted by atomic mass is 9.72. The summed E-state index contributed by atoms with van der Waals surface area (Å²) in [5, 5.41) is 3.64. The molecule has 0 unspecified atom stereocenters. The molecule has 2 aliphatic carbocycles. The van der Waals surface area contributed by atoms with E-state index >= 15 is 0 Å². The smallest absolute Gasteiger partial charge is 0.000517 e. The molecule has 3 N–H and O–H groups in total. The Labute approximate surface area is 100 Å². The van der Waals surface area contributed by atoms with Crippen LogP contribution in [-0.4, -0.2) is 19.6 Å². The highest BCUT2D eigenvalue weighted by molar-refractivity contribution is 4.91. The Morgan fingerprint density at radius 1 is 1.06 bits per heavy atom. The van der Waals surface area contributed by atoms with Gasteiger partial charge in [-0.25, -0.2) is 0 Å². The Hall–Kier alpha value is -0.0800. The van der Waals surface area contributed by atoms with Gasteiger partial charge in [0.1, 0.15) is 0 Å². The molecule has 0 bridgehead atoms. The minimum Gasteiger partial charge on any atom is -0.330 e. The summed E-state index contributed by atoms with van der Waals surface area (Å²) in [5.74, 6) is 0. The van der Waals surface area contributed by atoms with Gasteiger partial charge >= 0.3 is 0 Å². The molecule has 0 amide bonds. The van der Waals surface area contributed by atoms with Gasteiger partial charge in [0.25, 0.3) is 0 Å². The third-order valence-corrected chi connectivity index (χ3v) is 4.83. The van der Waals surface area contributed by atoms with Gasteiger partial charge in [0.15, 0.2) is 0 Å². The standard InChI is InChI=1S/C14H28N2/c1-13(7-8-13)12-16-10-9-14(11-15)5-3-2-4-6-14/h16H,2-12,15H2,1H3. The second kappa shape index (κ2) is 5.05. The molecule has 2 nitrogen and oxygen atoms in total. The summed E-state index contributed by atoms with van der Waals surface area (Å²) in [7, 11) is 0. The van der Waals surface area contributed by atoms with Gasteiger partial charge < -0.3 is 11.1 Å². The van der Waals surface area contributed by atoms with Crippen LogP contribution in [0.1, 0.15) is 58.3 Å². The summed E-state index contributed by atoms with van der Waals surface area (Å²) in [5.41, 5.74) is 7.11. The Bertz CT molecular complexity index is 215. The van der Waals surface area contributed by atoms with Gasteiger partial charge in [0.2, 0.25) is 0 Å². The van der Waals surface area contributed by atoms with Crippen LogP contribution in [0.25, 0.3) is 0 Å². The number of hydrogen-bond donors (Lipinski definition) is 2. The molecular weight excluding hydrogens is 196 g/mol. The fourth-order valence-corrected chi connectivity index (χ4v) is 2.99. The van der Waals surface area contributed by atoms with E-state index in [0.29, 0.717) is 10.8 Å². The van der Waals surface area contributed by atoms with Gasteiger partial charge in [-0.3, -0.25) is 0 Å². The maximum atomic E-state index is 5.99. The molecule has 0 saturated heterocycles. The largest absolute Gasteiger partial charge is 0.330 e. The highest BCUT2D eigenvalue weighted by Gasteiger charge is 2.36. The first-order valence-corrected chi connectivity index (χ1v) is 7.09. The average Bonchev–Trinajstić information content (AvgIpc) is 3.05. The first-order valence-electron chi connectivity index (χ1n) is 7.09. The summed E-state index contributed by atoms with van der Waals surface area (Å²) < 4.78 is 0. The SMILES string of the molecule is CC1(CNCCC2(CN)CCCCC2)CC1. The molecule has 0 aromatic heterocycles. The molecule has 2 saturated carbocycles. The summed E-state index contributed by atoms with van der Waals surface area (Å²) >= 11 is 0. The Morgan fingerprint density at radius 3 is 2.31 bits per heavy atom. The summed E-state index contributed by atoms with van der Waals surface area (Å²) in [6.07, 6.45) is 11.1. The van der Waals surface area contributed by atoms with Crippen molar-refractivity contribution in [1.82, 2.24) is 5.32 Å². The van der Waals surface area contributed by atoms with Crippen LogP contribution in [0.5, 0.6) is 0 Å². The van der Waals surface area contributed by atoms with Crippen LogP contribution in [0, 0.1) is 10.8 Å². The van der Waals surface area contributed by atoms with Crippen LogP contribution in [0.15, 0.2) is 0 Å². The zero-order valence-electron chi connectivity index (χ0n) is 10.9.